The summed E-state index contributed by atoms with van der Waals surface area (Å²) in [5.41, 5.74) is 2.11. The molecule has 0 amide bonds. The number of hydrogen-bond acceptors (Lipinski definition) is 7. The van der Waals surface area contributed by atoms with Crippen LogP contribution in [0, 0.1) is 0 Å². The van der Waals surface area contributed by atoms with Gasteiger partial charge in [0.1, 0.15) is 29.8 Å². The monoisotopic (exact) mass is 484 g/mol. The molecule has 2 fully saturated rings. The maximum Gasteiger partial charge on any atom is 0.169 e. The molecule has 1 aliphatic heterocycles. The van der Waals surface area contributed by atoms with Gasteiger partial charge >= 0.3 is 0 Å². The van der Waals surface area contributed by atoms with Gasteiger partial charge in [0.15, 0.2) is 5.79 Å². The van der Waals surface area contributed by atoms with Crippen LogP contribution in [0.2, 0.25) is 0 Å². The maximum absolute atomic E-state index is 10.9. The Kier molecular flexibility index (Phi) is 9.18. The van der Waals surface area contributed by atoms with E-state index >= 15 is 0 Å². The molecule has 35 heavy (non-hydrogen) atoms. The Morgan fingerprint density at radius 2 is 1.46 bits per heavy atom. The van der Waals surface area contributed by atoms with Crippen LogP contribution >= 0.6 is 0 Å². The first-order valence-corrected chi connectivity index (χ1v) is 12.2. The smallest absolute Gasteiger partial charge is 0.169 e. The highest BCUT2D eigenvalue weighted by molar-refractivity contribution is 5.27. The van der Waals surface area contributed by atoms with Crippen molar-refractivity contribution < 1.29 is 33.5 Å². The van der Waals surface area contributed by atoms with Crippen molar-refractivity contribution in [3.05, 3.63) is 71.8 Å². The van der Waals surface area contributed by atoms with E-state index in [-0.39, 0.29) is 6.10 Å². The summed E-state index contributed by atoms with van der Waals surface area (Å²) in [5, 5.41) is 10.9. The van der Waals surface area contributed by atoms with E-state index < -0.39 is 18.0 Å². The van der Waals surface area contributed by atoms with Crippen LogP contribution in [0.1, 0.15) is 36.8 Å². The minimum atomic E-state index is -0.811. The molecule has 0 radical (unpaired) electrons. The highest BCUT2D eigenvalue weighted by Gasteiger charge is 2.50. The Balaban J connectivity index is 1.26. The van der Waals surface area contributed by atoms with Crippen molar-refractivity contribution >= 4 is 0 Å². The molecule has 0 unspecified atom stereocenters. The molecule has 1 saturated carbocycles. The van der Waals surface area contributed by atoms with Crippen LogP contribution in [0.4, 0.5) is 0 Å². The van der Waals surface area contributed by atoms with Gasteiger partial charge in [0, 0.05) is 12.8 Å². The van der Waals surface area contributed by atoms with Crippen molar-refractivity contribution in [3.8, 4) is 11.5 Å². The van der Waals surface area contributed by atoms with Crippen molar-refractivity contribution in [2.24, 2.45) is 0 Å². The third-order valence-electron chi connectivity index (χ3n) is 6.47. The topological polar surface area (TPSA) is 75.6 Å². The minimum Gasteiger partial charge on any atom is -0.497 e. The highest BCUT2D eigenvalue weighted by atomic mass is 16.8. The van der Waals surface area contributed by atoms with Crippen LogP contribution in [-0.2, 0) is 32.2 Å². The third kappa shape index (κ3) is 7.06. The average Bonchev–Trinajstić information content (AvgIpc) is 3.51. The van der Waals surface area contributed by atoms with E-state index in [1.807, 2.05) is 54.6 Å². The normalized spacial score (nSPS) is 22.1. The predicted molar refractivity (Wildman–Crippen MR) is 131 cm³/mol. The molecule has 7 nitrogen and oxygen atoms in total. The Morgan fingerprint density at radius 1 is 0.886 bits per heavy atom. The molecule has 0 bridgehead atoms. The standard InChI is InChI=1S/C28H36O7/c1-30-23-11-7-21(8-12-23)18-32-17-5-6-25(29)27-26(34-28(35-27)15-3-4-16-28)20-33-19-22-9-13-24(31-2)14-10-22/h5-14,25-27,29H,3-4,15-20H2,1-2H3/b6-5+/t25-,26-,27-/m1/s1. The molecule has 7 heteroatoms. The fourth-order valence-corrected chi connectivity index (χ4v) is 4.55. The largest absolute Gasteiger partial charge is 0.497 e. The minimum absolute atomic E-state index is 0.341. The van der Waals surface area contributed by atoms with Crippen molar-refractivity contribution in [1.82, 2.24) is 0 Å². The number of aliphatic hydroxyl groups excluding tert-OH is 1. The fourth-order valence-electron chi connectivity index (χ4n) is 4.55. The van der Waals surface area contributed by atoms with Crippen molar-refractivity contribution in [1.29, 1.82) is 0 Å². The van der Waals surface area contributed by atoms with E-state index in [4.69, 9.17) is 28.4 Å². The van der Waals surface area contributed by atoms with Crippen LogP contribution in [-0.4, -0.2) is 56.6 Å². The molecule has 1 N–H and O–H groups in total. The average molecular weight is 485 g/mol. The Morgan fingerprint density at radius 3 is 2.03 bits per heavy atom. The first kappa shape index (κ1) is 25.7. The summed E-state index contributed by atoms with van der Waals surface area (Å²) in [7, 11) is 3.29. The summed E-state index contributed by atoms with van der Waals surface area (Å²) in [6.45, 7) is 1.67. The molecule has 2 aliphatic rings. The van der Waals surface area contributed by atoms with E-state index in [0.717, 1.165) is 48.3 Å². The molecule has 190 valence electrons. The van der Waals surface area contributed by atoms with Gasteiger partial charge in [0.05, 0.1) is 40.6 Å². The zero-order chi connectivity index (χ0) is 24.5. The van der Waals surface area contributed by atoms with Crippen molar-refractivity contribution in [2.45, 2.75) is 63.0 Å². The van der Waals surface area contributed by atoms with Gasteiger partial charge in [-0.3, -0.25) is 0 Å². The van der Waals surface area contributed by atoms with Gasteiger partial charge in [0.2, 0.25) is 0 Å². The molecular formula is C28H36O7. The predicted octanol–water partition coefficient (Wildman–Crippen LogP) is 4.41. The van der Waals surface area contributed by atoms with Gasteiger partial charge < -0.3 is 33.5 Å². The fraction of sp³-hybridized carbons (Fsp3) is 0.500. The second kappa shape index (κ2) is 12.5. The third-order valence-corrected chi connectivity index (χ3v) is 6.47. The van der Waals surface area contributed by atoms with E-state index in [9.17, 15) is 5.11 Å². The molecule has 0 aromatic heterocycles. The molecule has 1 aliphatic carbocycles. The van der Waals surface area contributed by atoms with Gasteiger partial charge in [-0.1, -0.05) is 36.4 Å². The zero-order valence-corrected chi connectivity index (χ0v) is 20.6. The summed E-state index contributed by atoms with van der Waals surface area (Å²) in [6.07, 6.45) is 5.75. The lowest BCUT2D eigenvalue weighted by atomic mass is 10.1. The molecule has 2 aromatic carbocycles. The van der Waals surface area contributed by atoms with E-state index in [1.165, 1.54) is 0 Å². The summed E-state index contributed by atoms with van der Waals surface area (Å²) in [4.78, 5) is 0. The molecule has 1 spiro atoms. The number of hydrogen-bond donors (Lipinski definition) is 1. The van der Waals surface area contributed by atoms with Crippen LogP contribution in [0.5, 0.6) is 11.5 Å². The second-order valence-electron chi connectivity index (χ2n) is 9.00. The van der Waals surface area contributed by atoms with Crippen LogP contribution in [0.15, 0.2) is 60.7 Å². The first-order valence-electron chi connectivity index (χ1n) is 12.2. The van der Waals surface area contributed by atoms with Gasteiger partial charge in [-0.15, -0.1) is 0 Å². The van der Waals surface area contributed by atoms with Crippen LogP contribution < -0.4 is 9.47 Å². The lowest BCUT2D eigenvalue weighted by molar-refractivity contribution is -0.177. The summed E-state index contributed by atoms with van der Waals surface area (Å²) >= 11 is 0. The summed E-state index contributed by atoms with van der Waals surface area (Å²) < 4.78 is 34.7. The Bertz CT molecular complexity index is 919. The first-order chi connectivity index (χ1) is 17.1. The van der Waals surface area contributed by atoms with Gasteiger partial charge in [-0.25, -0.2) is 0 Å². The Hall–Kier alpha value is -2.42. The van der Waals surface area contributed by atoms with Crippen molar-refractivity contribution in [2.75, 3.05) is 27.4 Å². The van der Waals surface area contributed by atoms with Gasteiger partial charge in [-0.2, -0.15) is 0 Å². The molecule has 1 saturated heterocycles. The summed E-state index contributed by atoms with van der Waals surface area (Å²) in [6, 6.07) is 15.5. The molecule has 1 heterocycles. The van der Waals surface area contributed by atoms with Crippen molar-refractivity contribution in [3.63, 3.8) is 0 Å². The number of aliphatic hydroxyl groups is 1. The number of methoxy groups -OCH3 is 2. The SMILES string of the molecule is COc1ccc(COC/C=C/[C@@H](O)[C@H]2OC3(CCCC3)O[C@@H]2COCc2ccc(OC)cc2)cc1. The molecular weight excluding hydrogens is 448 g/mol. The number of ether oxygens (including phenoxy) is 6. The zero-order valence-electron chi connectivity index (χ0n) is 20.6. The van der Waals surface area contributed by atoms with Crippen LogP contribution in [0.3, 0.4) is 0 Å². The molecule has 2 aromatic rings. The molecule has 3 atom stereocenters. The van der Waals surface area contributed by atoms with E-state index in [0.29, 0.717) is 26.4 Å². The number of benzene rings is 2. The van der Waals surface area contributed by atoms with E-state index in [1.54, 1.807) is 20.3 Å². The van der Waals surface area contributed by atoms with Gasteiger partial charge in [-0.05, 0) is 48.2 Å². The lowest BCUT2D eigenvalue weighted by Gasteiger charge is -2.22. The van der Waals surface area contributed by atoms with Crippen LogP contribution in [0.25, 0.3) is 0 Å². The molecule has 4 rings (SSSR count). The lowest BCUT2D eigenvalue weighted by Crippen LogP contribution is -2.37. The van der Waals surface area contributed by atoms with E-state index in [2.05, 4.69) is 0 Å². The second-order valence-corrected chi connectivity index (χ2v) is 9.00. The van der Waals surface area contributed by atoms with Gasteiger partial charge in [0.25, 0.3) is 0 Å². The number of rotatable bonds is 12. The summed E-state index contributed by atoms with van der Waals surface area (Å²) in [5.74, 6) is 1.03. The Labute approximate surface area is 207 Å². The quantitative estimate of drug-likeness (QED) is 0.353. The highest BCUT2D eigenvalue weighted by Crippen LogP contribution is 2.43. The maximum atomic E-state index is 10.9.